The van der Waals surface area contributed by atoms with E-state index in [9.17, 15) is 14.9 Å². The van der Waals surface area contributed by atoms with Crippen molar-refractivity contribution < 1.29 is 14.5 Å². The molecule has 9 nitrogen and oxygen atoms in total. The third-order valence-corrected chi connectivity index (χ3v) is 4.18. The van der Waals surface area contributed by atoms with Crippen molar-refractivity contribution in [2.24, 2.45) is 0 Å². The summed E-state index contributed by atoms with van der Waals surface area (Å²) in [6.07, 6.45) is 1.53. The topological polar surface area (TPSA) is 101 Å². The van der Waals surface area contributed by atoms with Crippen molar-refractivity contribution >= 4 is 23.1 Å². The van der Waals surface area contributed by atoms with Crippen LogP contribution in [0.3, 0.4) is 0 Å². The fraction of sp³-hybridized carbons (Fsp3) is 0.294. The number of nitro benzene ring substituents is 1. The second-order valence-corrected chi connectivity index (χ2v) is 5.74. The van der Waals surface area contributed by atoms with Gasteiger partial charge in [-0.1, -0.05) is 12.1 Å². The number of ether oxygens (including phenoxy) is 1. The van der Waals surface area contributed by atoms with Crippen molar-refractivity contribution in [3.8, 4) is 5.88 Å². The molecule has 0 unspecified atom stereocenters. The maximum absolute atomic E-state index is 12.4. The molecule has 0 spiro atoms. The molecule has 1 saturated heterocycles. The van der Waals surface area contributed by atoms with Crippen LogP contribution in [0.1, 0.15) is 0 Å². The fourth-order valence-electron chi connectivity index (χ4n) is 2.81. The summed E-state index contributed by atoms with van der Waals surface area (Å²) in [6.45, 7) is 2.00. The Kier molecular flexibility index (Phi) is 5.16. The number of pyridine rings is 1. The summed E-state index contributed by atoms with van der Waals surface area (Å²) in [5.41, 5.74) is 1.24. The number of rotatable bonds is 4. The van der Waals surface area contributed by atoms with Gasteiger partial charge in [0.15, 0.2) is 0 Å². The SMILES string of the molecule is COc1ccc(NC(=O)N2CCN(c3ccccc3[N+](=O)[O-])CC2)cn1. The summed E-state index contributed by atoms with van der Waals surface area (Å²) in [4.78, 5) is 30.8. The van der Waals surface area contributed by atoms with E-state index in [-0.39, 0.29) is 16.6 Å². The first-order chi connectivity index (χ1) is 12.6. The number of carbonyl (C=O) groups excluding carboxylic acids is 1. The normalized spacial score (nSPS) is 14.0. The zero-order valence-corrected chi connectivity index (χ0v) is 14.3. The second kappa shape index (κ2) is 7.68. The molecule has 3 rings (SSSR count). The van der Waals surface area contributed by atoms with Crippen molar-refractivity contribution in [2.45, 2.75) is 0 Å². The zero-order chi connectivity index (χ0) is 18.5. The highest BCUT2D eigenvalue weighted by atomic mass is 16.6. The van der Waals surface area contributed by atoms with Gasteiger partial charge in [-0.25, -0.2) is 9.78 Å². The Morgan fingerprint density at radius 2 is 1.92 bits per heavy atom. The van der Waals surface area contributed by atoms with E-state index in [0.29, 0.717) is 43.4 Å². The number of aromatic nitrogens is 1. The van der Waals surface area contributed by atoms with Gasteiger partial charge >= 0.3 is 6.03 Å². The third-order valence-electron chi connectivity index (χ3n) is 4.18. The van der Waals surface area contributed by atoms with Crippen LogP contribution in [0.5, 0.6) is 5.88 Å². The Labute approximate surface area is 150 Å². The van der Waals surface area contributed by atoms with E-state index in [1.165, 1.54) is 19.4 Å². The first kappa shape index (κ1) is 17.5. The first-order valence-electron chi connectivity index (χ1n) is 8.13. The molecule has 1 aliphatic rings. The fourth-order valence-corrected chi connectivity index (χ4v) is 2.81. The van der Waals surface area contributed by atoms with Gasteiger partial charge < -0.3 is 19.9 Å². The Morgan fingerprint density at radius 3 is 2.54 bits per heavy atom. The number of nitro groups is 1. The lowest BCUT2D eigenvalue weighted by Crippen LogP contribution is -2.50. The molecule has 136 valence electrons. The molecule has 2 heterocycles. The molecule has 1 fully saturated rings. The number of carbonyl (C=O) groups is 1. The molecule has 0 bridgehead atoms. The number of para-hydroxylation sites is 2. The van der Waals surface area contributed by atoms with Crippen LogP contribution >= 0.6 is 0 Å². The largest absolute Gasteiger partial charge is 0.481 e. The minimum absolute atomic E-state index is 0.0784. The molecule has 9 heteroatoms. The van der Waals surface area contributed by atoms with Gasteiger partial charge in [-0.3, -0.25) is 10.1 Å². The molecule has 1 N–H and O–H groups in total. The van der Waals surface area contributed by atoms with Crippen LogP contribution in [0.4, 0.5) is 21.9 Å². The molecule has 0 atom stereocenters. The number of amides is 2. The van der Waals surface area contributed by atoms with Gasteiger partial charge in [-0.2, -0.15) is 0 Å². The Morgan fingerprint density at radius 1 is 1.19 bits per heavy atom. The summed E-state index contributed by atoms with van der Waals surface area (Å²) < 4.78 is 4.98. The van der Waals surface area contributed by atoms with Crippen LogP contribution < -0.4 is 15.0 Å². The van der Waals surface area contributed by atoms with E-state index in [0.717, 1.165) is 0 Å². The molecule has 0 aliphatic carbocycles. The number of methoxy groups -OCH3 is 1. The van der Waals surface area contributed by atoms with Gasteiger partial charge in [0, 0.05) is 38.3 Å². The van der Waals surface area contributed by atoms with E-state index < -0.39 is 0 Å². The minimum atomic E-state index is -0.384. The number of anilines is 2. The van der Waals surface area contributed by atoms with Crippen molar-refractivity contribution in [1.82, 2.24) is 9.88 Å². The number of benzene rings is 1. The highest BCUT2D eigenvalue weighted by molar-refractivity contribution is 5.89. The van der Waals surface area contributed by atoms with Crippen LogP contribution in [-0.4, -0.2) is 54.1 Å². The van der Waals surface area contributed by atoms with Gasteiger partial charge in [-0.05, 0) is 12.1 Å². The molecule has 0 saturated carbocycles. The predicted octanol–water partition coefficient (Wildman–Crippen LogP) is 2.35. The minimum Gasteiger partial charge on any atom is -0.481 e. The second-order valence-electron chi connectivity index (χ2n) is 5.74. The highest BCUT2D eigenvalue weighted by Gasteiger charge is 2.25. The zero-order valence-electron chi connectivity index (χ0n) is 14.3. The average molecular weight is 357 g/mol. The monoisotopic (exact) mass is 357 g/mol. The first-order valence-corrected chi connectivity index (χ1v) is 8.13. The molecule has 1 aliphatic heterocycles. The Hall–Kier alpha value is -3.36. The van der Waals surface area contributed by atoms with Crippen LogP contribution in [0.25, 0.3) is 0 Å². The molecule has 1 aromatic carbocycles. The number of nitrogens with zero attached hydrogens (tertiary/aromatic N) is 4. The molecule has 2 amide bonds. The van der Waals surface area contributed by atoms with Crippen molar-refractivity contribution in [3.05, 3.63) is 52.7 Å². The summed E-state index contributed by atoms with van der Waals surface area (Å²) in [6, 6.07) is 9.81. The van der Waals surface area contributed by atoms with Crippen LogP contribution in [0.2, 0.25) is 0 Å². The quantitative estimate of drug-likeness (QED) is 0.666. The lowest BCUT2D eigenvalue weighted by molar-refractivity contribution is -0.384. The lowest BCUT2D eigenvalue weighted by Gasteiger charge is -2.35. The summed E-state index contributed by atoms with van der Waals surface area (Å²) in [5.74, 6) is 0.473. The van der Waals surface area contributed by atoms with Gasteiger partial charge in [0.1, 0.15) is 5.69 Å². The van der Waals surface area contributed by atoms with E-state index in [1.54, 1.807) is 35.2 Å². The summed E-state index contributed by atoms with van der Waals surface area (Å²) in [5, 5.41) is 14.0. The Balaban J connectivity index is 1.59. The number of nitrogens with one attached hydrogen (secondary N) is 1. The molecule has 26 heavy (non-hydrogen) atoms. The van der Waals surface area contributed by atoms with E-state index in [4.69, 9.17) is 4.74 Å². The maximum Gasteiger partial charge on any atom is 0.322 e. The maximum atomic E-state index is 12.4. The van der Waals surface area contributed by atoms with Crippen LogP contribution in [0, 0.1) is 10.1 Å². The van der Waals surface area contributed by atoms with Crippen LogP contribution in [-0.2, 0) is 0 Å². The van der Waals surface area contributed by atoms with Crippen molar-refractivity contribution in [2.75, 3.05) is 43.5 Å². The molecular weight excluding hydrogens is 338 g/mol. The lowest BCUT2D eigenvalue weighted by atomic mass is 10.2. The molecule has 1 aromatic heterocycles. The number of hydrogen-bond donors (Lipinski definition) is 1. The average Bonchev–Trinajstić information content (AvgIpc) is 2.68. The van der Waals surface area contributed by atoms with Gasteiger partial charge in [0.2, 0.25) is 5.88 Å². The molecule has 2 aromatic rings. The van der Waals surface area contributed by atoms with Gasteiger partial charge in [0.05, 0.1) is 23.9 Å². The van der Waals surface area contributed by atoms with Gasteiger partial charge in [0.25, 0.3) is 5.69 Å². The summed E-state index contributed by atoms with van der Waals surface area (Å²) >= 11 is 0. The van der Waals surface area contributed by atoms with Crippen molar-refractivity contribution in [3.63, 3.8) is 0 Å². The third kappa shape index (κ3) is 3.82. The molecule has 0 radical (unpaired) electrons. The van der Waals surface area contributed by atoms with Crippen LogP contribution in [0.15, 0.2) is 42.6 Å². The summed E-state index contributed by atoms with van der Waals surface area (Å²) in [7, 11) is 1.52. The van der Waals surface area contributed by atoms with E-state index in [1.807, 2.05) is 4.90 Å². The van der Waals surface area contributed by atoms with Gasteiger partial charge in [-0.15, -0.1) is 0 Å². The Bertz CT molecular complexity index is 788. The van der Waals surface area contributed by atoms with E-state index in [2.05, 4.69) is 10.3 Å². The number of urea groups is 1. The van der Waals surface area contributed by atoms with E-state index >= 15 is 0 Å². The highest BCUT2D eigenvalue weighted by Crippen LogP contribution is 2.28. The smallest absolute Gasteiger partial charge is 0.322 e. The number of piperazine rings is 1. The van der Waals surface area contributed by atoms with Crippen molar-refractivity contribution in [1.29, 1.82) is 0 Å². The number of hydrogen-bond acceptors (Lipinski definition) is 6. The predicted molar refractivity (Wildman–Crippen MR) is 96.7 cm³/mol. The standard InChI is InChI=1S/C17H19N5O4/c1-26-16-7-6-13(12-18-16)19-17(23)21-10-8-20(9-11-21)14-4-2-3-5-15(14)22(24)25/h2-7,12H,8-11H2,1H3,(H,19,23). The molecular formula is C17H19N5O4.